The average molecular weight is 403 g/mol. The van der Waals surface area contributed by atoms with E-state index in [1.54, 1.807) is 24.3 Å². The first-order chi connectivity index (χ1) is 13.5. The van der Waals surface area contributed by atoms with E-state index in [4.69, 9.17) is 31.1 Å². The molecule has 7 nitrogen and oxygen atoms in total. The maximum absolute atomic E-state index is 12.2. The van der Waals surface area contributed by atoms with Crippen LogP contribution in [0, 0.1) is 11.3 Å². The average Bonchev–Trinajstić information content (AvgIpc) is 2.70. The van der Waals surface area contributed by atoms with Crippen LogP contribution in [0.2, 0.25) is 5.02 Å². The van der Waals surface area contributed by atoms with E-state index in [0.29, 0.717) is 22.9 Å². The van der Waals surface area contributed by atoms with Crippen molar-refractivity contribution in [2.24, 2.45) is 0 Å². The zero-order chi connectivity index (χ0) is 20.5. The summed E-state index contributed by atoms with van der Waals surface area (Å²) in [6.07, 6.45) is 0. The largest absolute Gasteiger partial charge is 0.496 e. The number of anilines is 1. The number of methoxy groups -OCH3 is 1. The molecule has 0 spiro atoms. The number of hydrogen-bond donors (Lipinski definition) is 1. The molecule has 0 saturated carbocycles. The van der Waals surface area contributed by atoms with Crippen molar-refractivity contribution >= 4 is 29.2 Å². The highest BCUT2D eigenvalue weighted by molar-refractivity contribution is 6.31. The summed E-state index contributed by atoms with van der Waals surface area (Å²) in [4.78, 5) is 24.3. The molecule has 0 bridgehead atoms. The Balaban J connectivity index is 2.01. The van der Waals surface area contributed by atoms with Gasteiger partial charge in [-0.1, -0.05) is 11.6 Å². The van der Waals surface area contributed by atoms with E-state index in [-0.39, 0.29) is 23.4 Å². The highest BCUT2D eigenvalue weighted by atomic mass is 35.5. The van der Waals surface area contributed by atoms with E-state index >= 15 is 0 Å². The Hall–Kier alpha value is -3.08. The summed E-state index contributed by atoms with van der Waals surface area (Å²) in [5.74, 6) is -0.662. The number of amides is 1. The Morgan fingerprint density at radius 2 is 2.00 bits per heavy atom. The minimum atomic E-state index is -0.665. The first-order valence-corrected chi connectivity index (χ1v) is 8.77. The molecule has 0 saturated heterocycles. The summed E-state index contributed by atoms with van der Waals surface area (Å²) in [6, 6.07) is 11.2. The zero-order valence-corrected chi connectivity index (χ0v) is 16.2. The van der Waals surface area contributed by atoms with Gasteiger partial charge >= 0.3 is 5.97 Å². The number of hydrogen-bond acceptors (Lipinski definition) is 6. The third kappa shape index (κ3) is 5.71. The van der Waals surface area contributed by atoms with Gasteiger partial charge in [-0.25, -0.2) is 4.79 Å². The number of esters is 1. The molecule has 2 rings (SSSR count). The second-order valence-electron chi connectivity index (χ2n) is 5.59. The lowest BCUT2D eigenvalue weighted by Crippen LogP contribution is -2.21. The Kier molecular flexibility index (Phi) is 7.81. The zero-order valence-electron chi connectivity index (χ0n) is 15.5. The van der Waals surface area contributed by atoms with E-state index in [0.717, 1.165) is 0 Å². The third-order valence-electron chi connectivity index (χ3n) is 3.69. The highest BCUT2D eigenvalue weighted by Crippen LogP contribution is 2.22. The van der Waals surface area contributed by atoms with Crippen molar-refractivity contribution in [3.05, 3.63) is 58.1 Å². The van der Waals surface area contributed by atoms with Crippen LogP contribution >= 0.6 is 11.6 Å². The summed E-state index contributed by atoms with van der Waals surface area (Å²) in [5.41, 5.74) is 1.46. The molecule has 2 aromatic carbocycles. The lowest BCUT2D eigenvalue weighted by molar-refractivity contribution is -0.119. The molecule has 1 amide bonds. The molecule has 0 heterocycles. The topological polar surface area (TPSA) is 97.6 Å². The molecular formula is C20H19ClN2O5. The van der Waals surface area contributed by atoms with E-state index in [1.807, 2.05) is 13.0 Å². The van der Waals surface area contributed by atoms with Gasteiger partial charge in [-0.3, -0.25) is 4.79 Å². The van der Waals surface area contributed by atoms with Gasteiger partial charge in [0.2, 0.25) is 0 Å². The van der Waals surface area contributed by atoms with Crippen LogP contribution in [0.15, 0.2) is 36.4 Å². The van der Waals surface area contributed by atoms with Crippen LogP contribution in [-0.2, 0) is 20.9 Å². The van der Waals surface area contributed by atoms with Crippen LogP contribution < -0.4 is 10.1 Å². The molecule has 0 aromatic heterocycles. The molecule has 0 aliphatic carbocycles. The van der Waals surface area contributed by atoms with Gasteiger partial charge in [0.1, 0.15) is 11.8 Å². The number of nitriles is 1. The maximum Gasteiger partial charge on any atom is 0.338 e. The quantitative estimate of drug-likeness (QED) is 0.678. The Morgan fingerprint density at radius 1 is 1.21 bits per heavy atom. The second-order valence-corrected chi connectivity index (χ2v) is 6.03. The van der Waals surface area contributed by atoms with Gasteiger partial charge in [-0.15, -0.1) is 0 Å². The molecule has 146 valence electrons. The molecule has 1 N–H and O–H groups in total. The van der Waals surface area contributed by atoms with E-state index in [9.17, 15) is 9.59 Å². The normalized spacial score (nSPS) is 10.1. The Morgan fingerprint density at radius 3 is 2.68 bits per heavy atom. The number of halogens is 1. The number of nitrogens with one attached hydrogen (secondary N) is 1. The molecule has 0 unspecified atom stereocenters. The molecule has 8 heteroatoms. The van der Waals surface area contributed by atoms with E-state index in [2.05, 4.69) is 5.32 Å². The first-order valence-electron chi connectivity index (χ1n) is 8.39. The van der Waals surface area contributed by atoms with Gasteiger partial charge in [-0.05, 0) is 43.3 Å². The smallest absolute Gasteiger partial charge is 0.338 e. The second kappa shape index (κ2) is 10.3. The molecule has 2 aromatic rings. The number of carbonyl (C=O) groups excluding carboxylic acids is 2. The van der Waals surface area contributed by atoms with Crippen LogP contribution in [0.25, 0.3) is 0 Å². The fourth-order valence-corrected chi connectivity index (χ4v) is 2.52. The van der Waals surface area contributed by atoms with Crippen molar-refractivity contribution in [3.63, 3.8) is 0 Å². The van der Waals surface area contributed by atoms with Crippen LogP contribution in [0.3, 0.4) is 0 Å². The molecular weight excluding hydrogens is 384 g/mol. The van der Waals surface area contributed by atoms with Crippen molar-refractivity contribution in [2.75, 3.05) is 25.6 Å². The SMILES string of the molecule is CCOCc1cc(C(=O)OCC(=O)Nc2cc(Cl)ccc2C#N)ccc1OC. The van der Waals surface area contributed by atoms with Crippen molar-refractivity contribution in [1.29, 1.82) is 5.26 Å². The minimum Gasteiger partial charge on any atom is -0.496 e. The number of benzene rings is 2. The van der Waals surface area contributed by atoms with Crippen LogP contribution in [-0.4, -0.2) is 32.2 Å². The molecule has 28 heavy (non-hydrogen) atoms. The third-order valence-corrected chi connectivity index (χ3v) is 3.92. The van der Waals surface area contributed by atoms with Crippen molar-refractivity contribution in [1.82, 2.24) is 0 Å². The number of carbonyl (C=O) groups is 2. The molecule has 0 radical (unpaired) electrons. The van der Waals surface area contributed by atoms with Gasteiger partial charge in [0.15, 0.2) is 6.61 Å². The van der Waals surface area contributed by atoms with Gasteiger partial charge in [0.05, 0.1) is 30.5 Å². The van der Waals surface area contributed by atoms with Crippen LogP contribution in [0.1, 0.15) is 28.4 Å². The Labute approximate surface area is 167 Å². The minimum absolute atomic E-state index is 0.250. The monoisotopic (exact) mass is 402 g/mol. The lowest BCUT2D eigenvalue weighted by Gasteiger charge is -2.11. The summed E-state index contributed by atoms with van der Waals surface area (Å²) in [5, 5.41) is 11.9. The summed E-state index contributed by atoms with van der Waals surface area (Å²) < 4.78 is 15.6. The standard InChI is InChI=1S/C20H19ClN2O5/c1-3-27-11-15-8-13(5-7-18(15)26-2)20(25)28-12-19(24)23-17-9-16(21)6-4-14(17)10-22/h4-9H,3,11-12H2,1-2H3,(H,23,24). The van der Waals surface area contributed by atoms with Gasteiger partial charge < -0.3 is 19.5 Å². The molecule has 0 fully saturated rings. The molecule has 0 aliphatic heterocycles. The predicted octanol–water partition coefficient (Wildman–Crippen LogP) is 3.55. The van der Waals surface area contributed by atoms with Crippen molar-refractivity contribution < 1.29 is 23.8 Å². The van der Waals surface area contributed by atoms with E-state index in [1.165, 1.54) is 19.2 Å². The fraction of sp³-hybridized carbons (Fsp3) is 0.250. The highest BCUT2D eigenvalue weighted by Gasteiger charge is 2.14. The number of ether oxygens (including phenoxy) is 3. The van der Waals surface area contributed by atoms with Crippen molar-refractivity contribution in [2.45, 2.75) is 13.5 Å². The van der Waals surface area contributed by atoms with Crippen molar-refractivity contribution in [3.8, 4) is 11.8 Å². The Bertz CT molecular complexity index is 908. The number of nitrogens with zero attached hydrogens (tertiary/aromatic N) is 1. The first kappa shape index (κ1) is 21.2. The van der Waals surface area contributed by atoms with Crippen LogP contribution in [0.4, 0.5) is 5.69 Å². The van der Waals surface area contributed by atoms with Gasteiger partial charge in [0, 0.05) is 17.2 Å². The van der Waals surface area contributed by atoms with Gasteiger partial charge in [0.25, 0.3) is 5.91 Å². The summed E-state index contributed by atoms with van der Waals surface area (Å²) in [7, 11) is 1.53. The van der Waals surface area contributed by atoms with Crippen LogP contribution in [0.5, 0.6) is 5.75 Å². The van der Waals surface area contributed by atoms with E-state index < -0.39 is 18.5 Å². The number of rotatable bonds is 8. The predicted molar refractivity (Wildman–Crippen MR) is 103 cm³/mol. The summed E-state index contributed by atoms with van der Waals surface area (Å²) >= 11 is 5.87. The fourth-order valence-electron chi connectivity index (χ4n) is 2.35. The maximum atomic E-state index is 12.2. The molecule has 0 aliphatic rings. The van der Waals surface area contributed by atoms with Gasteiger partial charge in [-0.2, -0.15) is 5.26 Å². The lowest BCUT2D eigenvalue weighted by atomic mass is 10.1. The molecule has 0 atom stereocenters. The summed E-state index contributed by atoms with van der Waals surface area (Å²) in [6.45, 7) is 2.16.